The molecule has 0 aromatic heterocycles. The summed E-state index contributed by atoms with van der Waals surface area (Å²) < 4.78 is 43.9. The largest absolute Gasteiger partial charge is 0.455 e. The number of hydrogen-bond acceptors (Lipinski definition) is 3. The molecule has 0 bridgehead atoms. The molecule has 0 aliphatic rings. The van der Waals surface area contributed by atoms with Crippen molar-refractivity contribution < 1.29 is 23.0 Å². The predicted octanol–water partition coefficient (Wildman–Crippen LogP) is 3.86. The topological polar surface area (TPSA) is 53.2 Å². The zero-order chi connectivity index (χ0) is 15.5. The minimum Gasteiger partial charge on any atom is -0.455 e. The number of alkyl halides is 3. The fraction of sp³-hybridized carbons (Fsp3) is 0.133. The van der Waals surface area contributed by atoms with Crippen molar-refractivity contribution in [1.29, 1.82) is 5.26 Å². The monoisotopic (exact) mass is 293 g/mol. The second-order valence-electron chi connectivity index (χ2n) is 4.20. The summed E-state index contributed by atoms with van der Waals surface area (Å²) in [5.74, 6) is -0.371. The highest BCUT2D eigenvalue weighted by Crippen LogP contribution is 2.38. The first kappa shape index (κ1) is 14.9. The van der Waals surface area contributed by atoms with Gasteiger partial charge in [-0.3, -0.25) is 0 Å². The quantitative estimate of drug-likeness (QED) is 0.934. The Labute approximate surface area is 118 Å². The van der Waals surface area contributed by atoms with Gasteiger partial charge in [0.25, 0.3) is 0 Å². The fourth-order valence-corrected chi connectivity index (χ4v) is 1.76. The second kappa shape index (κ2) is 5.85. The highest BCUT2D eigenvalue weighted by molar-refractivity contribution is 5.48. The van der Waals surface area contributed by atoms with E-state index in [0.29, 0.717) is 5.56 Å². The maximum atomic E-state index is 12.9. The van der Waals surface area contributed by atoms with Crippen LogP contribution in [0.25, 0.3) is 0 Å². The van der Waals surface area contributed by atoms with Crippen LogP contribution in [0.15, 0.2) is 42.5 Å². The molecule has 0 atom stereocenters. The lowest BCUT2D eigenvalue weighted by Gasteiger charge is -2.14. The van der Waals surface area contributed by atoms with E-state index in [-0.39, 0.29) is 23.7 Å². The number of aliphatic hydroxyl groups is 1. The average molecular weight is 293 g/mol. The summed E-state index contributed by atoms with van der Waals surface area (Å²) in [7, 11) is 0. The van der Waals surface area contributed by atoms with Gasteiger partial charge >= 0.3 is 6.18 Å². The summed E-state index contributed by atoms with van der Waals surface area (Å²) in [4.78, 5) is 0. The Morgan fingerprint density at radius 2 is 1.81 bits per heavy atom. The highest BCUT2D eigenvalue weighted by atomic mass is 19.4. The van der Waals surface area contributed by atoms with E-state index in [0.717, 1.165) is 6.07 Å². The van der Waals surface area contributed by atoms with E-state index in [1.165, 1.54) is 36.4 Å². The molecule has 0 aliphatic heterocycles. The maximum absolute atomic E-state index is 12.9. The van der Waals surface area contributed by atoms with Crippen molar-refractivity contribution in [2.45, 2.75) is 12.8 Å². The van der Waals surface area contributed by atoms with Gasteiger partial charge in [0.1, 0.15) is 17.6 Å². The van der Waals surface area contributed by atoms with E-state index in [9.17, 15) is 13.2 Å². The maximum Gasteiger partial charge on any atom is 0.419 e. The Morgan fingerprint density at radius 3 is 2.43 bits per heavy atom. The third-order valence-electron chi connectivity index (χ3n) is 2.76. The molecule has 21 heavy (non-hydrogen) atoms. The molecule has 2 aromatic carbocycles. The number of nitriles is 1. The molecule has 1 N–H and O–H groups in total. The van der Waals surface area contributed by atoms with Crippen LogP contribution >= 0.6 is 0 Å². The second-order valence-corrected chi connectivity index (χ2v) is 4.20. The molecular weight excluding hydrogens is 283 g/mol. The van der Waals surface area contributed by atoms with Crippen LogP contribution in [0.1, 0.15) is 16.7 Å². The molecule has 0 unspecified atom stereocenters. The molecule has 0 heterocycles. The normalized spacial score (nSPS) is 11.0. The van der Waals surface area contributed by atoms with Crippen molar-refractivity contribution in [2.75, 3.05) is 0 Å². The van der Waals surface area contributed by atoms with Gasteiger partial charge in [-0.05, 0) is 29.8 Å². The van der Waals surface area contributed by atoms with Crippen molar-refractivity contribution in [3.8, 4) is 17.6 Å². The lowest BCUT2D eigenvalue weighted by molar-refractivity contribution is -0.138. The van der Waals surface area contributed by atoms with Crippen LogP contribution in [0.2, 0.25) is 0 Å². The summed E-state index contributed by atoms with van der Waals surface area (Å²) in [6, 6.07) is 10.8. The van der Waals surface area contributed by atoms with E-state index in [1.54, 1.807) is 0 Å². The predicted molar refractivity (Wildman–Crippen MR) is 68.6 cm³/mol. The Hall–Kier alpha value is -2.52. The lowest BCUT2D eigenvalue weighted by Crippen LogP contribution is -2.07. The zero-order valence-corrected chi connectivity index (χ0v) is 10.7. The van der Waals surface area contributed by atoms with E-state index >= 15 is 0 Å². The number of ether oxygens (including phenoxy) is 1. The van der Waals surface area contributed by atoms with E-state index < -0.39 is 11.7 Å². The molecule has 0 spiro atoms. The highest BCUT2D eigenvalue weighted by Gasteiger charge is 2.34. The summed E-state index contributed by atoms with van der Waals surface area (Å²) in [5.41, 5.74) is -0.387. The van der Waals surface area contributed by atoms with E-state index in [1.807, 2.05) is 6.07 Å². The minimum atomic E-state index is -4.55. The summed E-state index contributed by atoms with van der Waals surface area (Å²) in [5, 5.41) is 18.0. The number of halogens is 3. The number of hydrogen-bond donors (Lipinski definition) is 1. The Balaban J connectivity index is 2.42. The third-order valence-corrected chi connectivity index (χ3v) is 2.76. The first-order valence-corrected chi connectivity index (χ1v) is 5.93. The molecular formula is C15H10F3NO2. The van der Waals surface area contributed by atoms with Crippen molar-refractivity contribution in [1.82, 2.24) is 0 Å². The number of aliphatic hydroxyl groups excluding tert-OH is 1. The van der Waals surface area contributed by atoms with Crippen LogP contribution < -0.4 is 4.74 Å². The van der Waals surface area contributed by atoms with Crippen LogP contribution in [0.3, 0.4) is 0 Å². The van der Waals surface area contributed by atoms with Crippen LogP contribution in [0.4, 0.5) is 13.2 Å². The van der Waals surface area contributed by atoms with E-state index in [2.05, 4.69) is 0 Å². The van der Waals surface area contributed by atoms with Gasteiger partial charge in [0.05, 0.1) is 17.7 Å². The van der Waals surface area contributed by atoms with Gasteiger partial charge < -0.3 is 9.84 Å². The number of para-hydroxylation sites is 1. The molecule has 0 radical (unpaired) electrons. The lowest BCUT2D eigenvalue weighted by atomic mass is 10.1. The standard InChI is InChI=1S/C15H10F3NO2/c16-15(17,18)12-3-1-2-4-14(12)21-13-6-5-10(9-20)7-11(13)8-19/h1-7,20H,9H2. The van der Waals surface area contributed by atoms with Gasteiger partial charge in [-0.1, -0.05) is 18.2 Å². The molecule has 6 heteroatoms. The van der Waals surface area contributed by atoms with Gasteiger partial charge in [0, 0.05) is 0 Å². The van der Waals surface area contributed by atoms with Crippen molar-refractivity contribution >= 4 is 0 Å². The molecule has 2 rings (SSSR count). The Morgan fingerprint density at radius 1 is 1.10 bits per heavy atom. The molecule has 2 aromatic rings. The van der Waals surface area contributed by atoms with Crippen molar-refractivity contribution in [3.05, 3.63) is 59.2 Å². The van der Waals surface area contributed by atoms with Gasteiger partial charge in [-0.25, -0.2) is 0 Å². The molecule has 0 saturated heterocycles. The average Bonchev–Trinajstić information content (AvgIpc) is 2.47. The van der Waals surface area contributed by atoms with Crippen molar-refractivity contribution in [3.63, 3.8) is 0 Å². The van der Waals surface area contributed by atoms with Gasteiger partial charge in [-0.2, -0.15) is 18.4 Å². The molecule has 3 nitrogen and oxygen atoms in total. The van der Waals surface area contributed by atoms with Crippen LogP contribution in [0.5, 0.6) is 11.5 Å². The Bertz CT molecular complexity index is 690. The van der Waals surface area contributed by atoms with Gasteiger partial charge in [0.2, 0.25) is 0 Å². The molecule has 0 amide bonds. The summed E-state index contributed by atoms with van der Waals surface area (Å²) >= 11 is 0. The SMILES string of the molecule is N#Cc1cc(CO)ccc1Oc1ccccc1C(F)(F)F. The van der Waals surface area contributed by atoms with E-state index in [4.69, 9.17) is 15.1 Å². The number of nitrogens with zero attached hydrogens (tertiary/aromatic N) is 1. The fourth-order valence-electron chi connectivity index (χ4n) is 1.76. The van der Waals surface area contributed by atoms with Crippen molar-refractivity contribution in [2.24, 2.45) is 0 Å². The molecule has 108 valence electrons. The minimum absolute atomic E-state index is 0.00593. The van der Waals surface area contributed by atoms with Gasteiger partial charge in [-0.15, -0.1) is 0 Å². The first-order valence-electron chi connectivity index (χ1n) is 5.93. The van der Waals surface area contributed by atoms with Crippen LogP contribution in [0, 0.1) is 11.3 Å². The summed E-state index contributed by atoms with van der Waals surface area (Å²) in [6.45, 7) is -0.270. The van der Waals surface area contributed by atoms with Crippen LogP contribution in [-0.4, -0.2) is 5.11 Å². The summed E-state index contributed by atoms with van der Waals surface area (Å²) in [6.07, 6.45) is -4.55. The smallest absolute Gasteiger partial charge is 0.419 e. The molecule has 0 aliphatic carbocycles. The number of rotatable bonds is 3. The number of benzene rings is 2. The van der Waals surface area contributed by atoms with Crippen LogP contribution in [-0.2, 0) is 12.8 Å². The first-order chi connectivity index (χ1) is 9.95. The molecule has 0 fully saturated rings. The molecule has 0 saturated carbocycles. The third kappa shape index (κ3) is 3.33. The Kier molecular flexibility index (Phi) is 4.15. The zero-order valence-electron chi connectivity index (χ0n) is 10.7. The van der Waals surface area contributed by atoms with Gasteiger partial charge in [0.15, 0.2) is 0 Å².